The van der Waals surface area contributed by atoms with Crippen molar-refractivity contribution in [1.29, 1.82) is 0 Å². The summed E-state index contributed by atoms with van der Waals surface area (Å²) in [6, 6.07) is 5.71. The molecule has 2 aromatic heterocycles. The van der Waals surface area contributed by atoms with Gasteiger partial charge >= 0.3 is 0 Å². The van der Waals surface area contributed by atoms with E-state index in [-0.39, 0.29) is 11.8 Å². The molecule has 0 spiro atoms. The number of amides is 1. The zero-order chi connectivity index (χ0) is 19.8. The van der Waals surface area contributed by atoms with E-state index in [4.69, 9.17) is 15.0 Å². The molecule has 0 saturated carbocycles. The van der Waals surface area contributed by atoms with Crippen LogP contribution < -0.4 is 10.5 Å². The highest BCUT2D eigenvalue weighted by Crippen LogP contribution is 2.41. The van der Waals surface area contributed by atoms with Gasteiger partial charge in [-0.1, -0.05) is 23.9 Å². The van der Waals surface area contributed by atoms with E-state index >= 15 is 0 Å². The number of ether oxygens (including phenoxy) is 1. The fourth-order valence-electron chi connectivity index (χ4n) is 2.92. The van der Waals surface area contributed by atoms with Gasteiger partial charge in [0.25, 0.3) is 5.91 Å². The highest BCUT2D eigenvalue weighted by atomic mass is 32.1. The van der Waals surface area contributed by atoms with E-state index in [1.165, 1.54) is 11.3 Å². The van der Waals surface area contributed by atoms with Crippen molar-refractivity contribution in [2.24, 2.45) is 5.73 Å². The Balaban J connectivity index is 1.72. The molecule has 1 aromatic carbocycles. The molecule has 28 heavy (non-hydrogen) atoms. The molecule has 2 atom stereocenters. The van der Waals surface area contributed by atoms with Gasteiger partial charge in [0, 0.05) is 28.8 Å². The fraction of sp³-hybridized carbons (Fsp3) is 0.300. The maximum atomic E-state index is 11.6. The van der Waals surface area contributed by atoms with Crippen LogP contribution in [0.5, 0.6) is 5.75 Å². The number of nitrogens with zero attached hydrogens (tertiary/aromatic N) is 3. The van der Waals surface area contributed by atoms with Gasteiger partial charge in [-0.25, -0.2) is 4.98 Å². The molecule has 7 nitrogen and oxygen atoms in total. The fourth-order valence-corrected chi connectivity index (χ4v) is 3.89. The first-order valence-electron chi connectivity index (χ1n) is 8.82. The standard InChI is InChI=1S/C20H18N4O3S/c1-10(19-22-12(3)27-24-19)4-5-13-6-7-15-14(8-13)16-17(11(2)9-26-15)28-20(23-16)18(21)25/h6-8,10-11H,9H2,1-3H3,(H2,21,25). The number of hydrogen-bond acceptors (Lipinski definition) is 7. The zero-order valence-electron chi connectivity index (χ0n) is 15.6. The minimum Gasteiger partial charge on any atom is -0.492 e. The molecular weight excluding hydrogens is 376 g/mol. The van der Waals surface area contributed by atoms with Gasteiger partial charge in [0.05, 0.1) is 18.2 Å². The summed E-state index contributed by atoms with van der Waals surface area (Å²) >= 11 is 1.32. The largest absolute Gasteiger partial charge is 0.492 e. The number of benzene rings is 1. The second kappa shape index (κ2) is 7.09. The maximum Gasteiger partial charge on any atom is 0.277 e. The van der Waals surface area contributed by atoms with Crippen LogP contribution in [0.15, 0.2) is 22.7 Å². The number of aromatic nitrogens is 3. The number of thiazole rings is 1. The molecule has 8 heteroatoms. The van der Waals surface area contributed by atoms with Gasteiger partial charge in [0.2, 0.25) is 5.89 Å². The average Bonchev–Trinajstić information content (AvgIpc) is 3.28. The van der Waals surface area contributed by atoms with Crippen LogP contribution in [0.25, 0.3) is 11.3 Å². The summed E-state index contributed by atoms with van der Waals surface area (Å²) in [5.41, 5.74) is 7.80. The number of nitrogens with two attached hydrogens (primary N) is 1. The summed E-state index contributed by atoms with van der Waals surface area (Å²) in [5.74, 6) is 7.52. The zero-order valence-corrected chi connectivity index (χ0v) is 16.5. The Hall–Kier alpha value is -3.18. The van der Waals surface area contributed by atoms with Crippen LogP contribution in [-0.2, 0) is 0 Å². The van der Waals surface area contributed by atoms with E-state index in [1.807, 2.05) is 32.0 Å². The highest BCUT2D eigenvalue weighted by molar-refractivity contribution is 7.14. The molecule has 0 fully saturated rings. The molecule has 3 heterocycles. The Kier molecular flexibility index (Phi) is 4.61. The maximum absolute atomic E-state index is 11.6. The van der Waals surface area contributed by atoms with Gasteiger partial charge in [-0.2, -0.15) is 4.98 Å². The monoisotopic (exact) mass is 394 g/mol. The Morgan fingerprint density at radius 3 is 2.93 bits per heavy atom. The third-order valence-corrected chi connectivity index (χ3v) is 5.70. The van der Waals surface area contributed by atoms with Crippen LogP contribution in [-0.4, -0.2) is 27.6 Å². The summed E-state index contributed by atoms with van der Waals surface area (Å²) in [5, 5.41) is 4.21. The Bertz CT molecular complexity index is 1120. The normalized spacial score (nSPS) is 16.0. The second-order valence-electron chi connectivity index (χ2n) is 6.68. The lowest BCUT2D eigenvalue weighted by molar-refractivity contribution is 0.1000. The van der Waals surface area contributed by atoms with Crippen molar-refractivity contribution < 1.29 is 14.1 Å². The molecule has 2 N–H and O–H groups in total. The first-order chi connectivity index (χ1) is 13.4. The van der Waals surface area contributed by atoms with Crippen LogP contribution in [0, 0.1) is 18.8 Å². The smallest absolute Gasteiger partial charge is 0.277 e. The van der Waals surface area contributed by atoms with Crippen molar-refractivity contribution in [3.63, 3.8) is 0 Å². The Morgan fingerprint density at radius 1 is 1.39 bits per heavy atom. The minimum atomic E-state index is -0.520. The summed E-state index contributed by atoms with van der Waals surface area (Å²) < 4.78 is 10.9. The SMILES string of the molecule is Cc1nc(C(C)C#Cc2ccc3c(c2)-c2nc(C(N)=O)sc2C(C)CO3)no1. The van der Waals surface area contributed by atoms with Gasteiger partial charge in [-0.15, -0.1) is 11.3 Å². The Morgan fingerprint density at radius 2 is 2.21 bits per heavy atom. The van der Waals surface area contributed by atoms with Gasteiger partial charge < -0.3 is 15.0 Å². The molecule has 1 aliphatic heterocycles. The van der Waals surface area contributed by atoms with Gasteiger partial charge in [0.15, 0.2) is 10.8 Å². The van der Waals surface area contributed by atoms with Crippen LogP contribution in [0.2, 0.25) is 0 Å². The molecule has 2 unspecified atom stereocenters. The number of carbonyl (C=O) groups excluding carboxylic acids is 1. The van der Waals surface area contributed by atoms with Crippen molar-refractivity contribution in [2.75, 3.05) is 6.61 Å². The molecule has 0 bridgehead atoms. The summed E-state index contributed by atoms with van der Waals surface area (Å²) in [4.78, 5) is 21.3. The van der Waals surface area contributed by atoms with Crippen LogP contribution in [0.4, 0.5) is 0 Å². The average molecular weight is 394 g/mol. The van der Waals surface area contributed by atoms with Gasteiger partial charge in [-0.05, 0) is 25.1 Å². The molecule has 3 aromatic rings. The van der Waals surface area contributed by atoms with E-state index in [9.17, 15) is 4.79 Å². The van der Waals surface area contributed by atoms with E-state index < -0.39 is 5.91 Å². The molecule has 1 amide bonds. The second-order valence-corrected chi connectivity index (χ2v) is 7.71. The lowest BCUT2D eigenvalue weighted by Gasteiger charge is -2.08. The van der Waals surface area contributed by atoms with Crippen molar-refractivity contribution in [2.45, 2.75) is 32.6 Å². The first kappa shape index (κ1) is 18.2. The van der Waals surface area contributed by atoms with Gasteiger partial charge in [-0.3, -0.25) is 4.79 Å². The van der Waals surface area contributed by atoms with Crippen molar-refractivity contribution >= 4 is 17.2 Å². The first-order valence-corrected chi connectivity index (χ1v) is 9.63. The van der Waals surface area contributed by atoms with E-state index in [0.29, 0.717) is 23.3 Å². The number of aryl methyl sites for hydroxylation is 1. The van der Waals surface area contributed by atoms with E-state index in [0.717, 1.165) is 27.4 Å². The Labute approximate surface area is 165 Å². The molecule has 1 aliphatic rings. The number of carbonyl (C=O) groups is 1. The lowest BCUT2D eigenvalue weighted by atomic mass is 10.0. The minimum absolute atomic E-state index is 0.115. The number of rotatable bonds is 2. The van der Waals surface area contributed by atoms with Crippen molar-refractivity contribution in [3.8, 4) is 28.8 Å². The molecule has 0 aliphatic carbocycles. The lowest BCUT2D eigenvalue weighted by Crippen LogP contribution is -2.10. The summed E-state index contributed by atoms with van der Waals surface area (Å²) in [6.07, 6.45) is 0. The number of hydrogen-bond donors (Lipinski definition) is 1. The van der Waals surface area contributed by atoms with Crippen molar-refractivity contribution in [3.05, 3.63) is 45.4 Å². The quantitative estimate of drug-likeness (QED) is 0.669. The molecular formula is C20H18N4O3S. The van der Waals surface area contributed by atoms with Crippen LogP contribution >= 0.6 is 11.3 Å². The number of fused-ring (bicyclic) bond motifs is 3. The third kappa shape index (κ3) is 3.37. The van der Waals surface area contributed by atoms with Gasteiger partial charge in [0.1, 0.15) is 5.75 Å². The van der Waals surface area contributed by atoms with Crippen LogP contribution in [0.1, 0.15) is 57.6 Å². The highest BCUT2D eigenvalue weighted by Gasteiger charge is 2.26. The predicted octanol–water partition coefficient (Wildman–Crippen LogP) is 3.25. The van der Waals surface area contributed by atoms with E-state index in [1.54, 1.807) is 6.92 Å². The van der Waals surface area contributed by atoms with E-state index in [2.05, 4.69) is 27.0 Å². The number of primary amides is 1. The summed E-state index contributed by atoms with van der Waals surface area (Å²) in [7, 11) is 0. The summed E-state index contributed by atoms with van der Waals surface area (Å²) in [6.45, 7) is 6.22. The predicted molar refractivity (Wildman–Crippen MR) is 104 cm³/mol. The topological polar surface area (TPSA) is 104 Å². The van der Waals surface area contributed by atoms with Crippen LogP contribution in [0.3, 0.4) is 0 Å². The molecule has 0 saturated heterocycles. The molecule has 142 valence electrons. The third-order valence-electron chi connectivity index (χ3n) is 4.40. The molecule has 4 rings (SSSR count). The van der Waals surface area contributed by atoms with Crippen molar-refractivity contribution in [1.82, 2.24) is 15.1 Å². The molecule has 0 radical (unpaired) electrons.